The smallest absolute Gasteiger partial charge is 0.171 e. The van der Waals surface area contributed by atoms with Crippen molar-refractivity contribution >= 4 is 17.4 Å². The highest BCUT2D eigenvalue weighted by Gasteiger charge is 2.17. The Morgan fingerprint density at radius 3 is 2.70 bits per heavy atom. The van der Waals surface area contributed by atoms with Gasteiger partial charge >= 0.3 is 0 Å². The van der Waals surface area contributed by atoms with Crippen LogP contribution in [-0.4, -0.2) is 25.0 Å². The molecule has 5 heteroatoms. The standard InChI is InChI=1S/C15H14ClNO3/c1-19-14-5-3-4-11(15(14)20-2)13(18)8-10-6-7-17-9-12(10)16/h3-7,9H,8H2,1-2H3. The summed E-state index contributed by atoms with van der Waals surface area (Å²) in [6, 6.07) is 6.93. The van der Waals surface area contributed by atoms with Crippen molar-refractivity contribution in [2.24, 2.45) is 0 Å². The largest absolute Gasteiger partial charge is 0.493 e. The predicted octanol–water partition coefficient (Wildman–Crippen LogP) is 3.18. The first kappa shape index (κ1) is 14.3. The molecule has 104 valence electrons. The van der Waals surface area contributed by atoms with E-state index < -0.39 is 0 Å². The average molecular weight is 292 g/mol. The lowest BCUT2D eigenvalue weighted by atomic mass is 10.0. The molecule has 0 N–H and O–H groups in total. The van der Waals surface area contributed by atoms with Crippen LogP contribution in [0.4, 0.5) is 0 Å². The summed E-state index contributed by atoms with van der Waals surface area (Å²) in [5.41, 5.74) is 1.20. The van der Waals surface area contributed by atoms with Crippen molar-refractivity contribution in [3.63, 3.8) is 0 Å². The maximum Gasteiger partial charge on any atom is 0.171 e. The number of rotatable bonds is 5. The Morgan fingerprint density at radius 2 is 2.05 bits per heavy atom. The third-order valence-corrected chi connectivity index (χ3v) is 3.25. The number of ether oxygens (including phenoxy) is 2. The van der Waals surface area contributed by atoms with E-state index in [0.29, 0.717) is 22.1 Å². The number of hydrogen-bond donors (Lipinski definition) is 0. The van der Waals surface area contributed by atoms with Crippen LogP contribution in [0.15, 0.2) is 36.7 Å². The lowest BCUT2D eigenvalue weighted by molar-refractivity contribution is 0.0989. The van der Waals surface area contributed by atoms with Gasteiger partial charge in [0.1, 0.15) is 0 Å². The molecule has 0 amide bonds. The number of aromatic nitrogens is 1. The molecule has 2 aromatic rings. The maximum atomic E-state index is 12.4. The van der Waals surface area contributed by atoms with Gasteiger partial charge in [0.25, 0.3) is 0 Å². The quantitative estimate of drug-likeness (QED) is 0.794. The third kappa shape index (κ3) is 2.91. The molecule has 1 heterocycles. The first-order valence-electron chi connectivity index (χ1n) is 6.00. The van der Waals surface area contributed by atoms with Crippen molar-refractivity contribution in [3.8, 4) is 11.5 Å². The van der Waals surface area contributed by atoms with Crippen LogP contribution in [-0.2, 0) is 6.42 Å². The van der Waals surface area contributed by atoms with Gasteiger partial charge in [-0.3, -0.25) is 9.78 Å². The Labute approximate surface area is 122 Å². The zero-order valence-corrected chi connectivity index (χ0v) is 12.0. The third-order valence-electron chi connectivity index (χ3n) is 2.91. The summed E-state index contributed by atoms with van der Waals surface area (Å²) in [6.45, 7) is 0. The second-order valence-electron chi connectivity index (χ2n) is 4.11. The fraction of sp³-hybridized carbons (Fsp3) is 0.200. The van der Waals surface area contributed by atoms with Crippen molar-refractivity contribution < 1.29 is 14.3 Å². The number of methoxy groups -OCH3 is 2. The minimum Gasteiger partial charge on any atom is -0.493 e. The Morgan fingerprint density at radius 1 is 1.25 bits per heavy atom. The van der Waals surface area contributed by atoms with Gasteiger partial charge in [0.2, 0.25) is 0 Å². The van der Waals surface area contributed by atoms with Crippen LogP contribution in [0.1, 0.15) is 15.9 Å². The summed E-state index contributed by atoms with van der Waals surface area (Å²) < 4.78 is 10.5. The summed E-state index contributed by atoms with van der Waals surface area (Å²) in [6.07, 6.45) is 3.31. The van der Waals surface area contributed by atoms with Crippen molar-refractivity contribution in [3.05, 3.63) is 52.8 Å². The maximum absolute atomic E-state index is 12.4. The highest BCUT2D eigenvalue weighted by molar-refractivity contribution is 6.31. The number of para-hydroxylation sites is 1. The first-order valence-corrected chi connectivity index (χ1v) is 6.37. The SMILES string of the molecule is COc1cccc(C(=O)Cc2ccncc2Cl)c1OC. The summed E-state index contributed by atoms with van der Waals surface area (Å²) in [5, 5.41) is 0.475. The molecular formula is C15H14ClNO3. The van der Waals surface area contributed by atoms with E-state index in [1.54, 1.807) is 30.5 Å². The van der Waals surface area contributed by atoms with Crippen LogP contribution < -0.4 is 9.47 Å². The topological polar surface area (TPSA) is 48.4 Å². The minimum absolute atomic E-state index is 0.0890. The molecule has 0 saturated carbocycles. The number of hydrogen-bond acceptors (Lipinski definition) is 4. The fourth-order valence-electron chi connectivity index (χ4n) is 1.92. The van der Waals surface area contributed by atoms with Gasteiger partial charge in [-0.2, -0.15) is 0 Å². The average Bonchev–Trinajstić information content (AvgIpc) is 2.48. The van der Waals surface area contributed by atoms with Crippen LogP contribution in [0.25, 0.3) is 0 Å². The van der Waals surface area contributed by atoms with Gasteiger partial charge in [0.15, 0.2) is 17.3 Å². The van der Waals surface area contributed by atoms with Gasteiger partial charge in [-0.25, -0.2) is 0 Å². The van der Waals surface area contributed by atoms with Crippen LogP contribution in [0.5, 0.6) is 11.5 Å². The van der Waals surface area contributed by atoms with E-state index in [-0.39, 0.29) is 12.2 Å². The van der Waals surface area contributed by atoms with Crippen molar-refractivity contribution in [2.45, 2.75) is 6.42 Å². The minimum atomic E-state index is -0.0890. The lowest BCUT2D eigenvalue weighted by Gasteiger charge is -2.12. The van der Waals surface area contributed by atoms with E-state index in [1.165, 1.54) is 20.4 Å². The molecule has 0 aliphatic carbocycles. The highest BCUT2D eigenvalue weighted by Crippen LogP contribution is 2.31. The molecule has 20 heavy (non-hydrogen) atoms. The molecule has 1 aromatic heterocycles. The molecule has 0 aliphatic rings. The van der Waals surface area contributed by atoms with E-state index in [9.17, 15) is 4.79 Å². The number of benzene rings is 1. The molecule has 0 radical (unpaired) electrons. The summed E-state index contributed by atoms with van der Waals surface area (Å²) in [7, 11) is 3.04. The summed E-state index contributed by atoms with van der Waals surface area (Å²) in [5.74, 6) is 0.873. The zero-order valence-electron chi connectivity index (χ0n) is 11.2. The fourth-order valence-corrected chi connectivity index (χ4v) is 2.11. The van der Waals surface area contributed by atoms with Crippen molar-refractivity contribution in [1.82, 2.24) is 4.98 Å². The van der Waals surface area contributed by atoms with Crippen molar-refractivity contribution in [2.75, 3.05) is 14.2 Å². The Bertz CT molecular complexity index is 628. The Hall–Kier alpha value is -2.07. The van der Waals surface area contributed by atoms with E-state index in [1.807, 2.05) is 0 Å². The lowest BCUT2D eigenvalue weighted by Crippen LogP contribution is -2.07. The molecule has 0 fully saturated rings. The first-order chi connectivity index (χ1) is 9.67. The number of halogens is 1. The van der Waals surface area contributed by atoms with E-state index in [0.717, 1.165) is 5.56 Å². The number of pyridine rings is 1. The van der Waals surface area contributed by atoms with Crippen LogP contribution in [0.3, 0.4) is 0 Å². The molecule has 0 spiro atoms. The van der Waals surface area contributed by atoms with Gasteiger partial charge in [0, 0.05) is 18.8 Å². The molecule has 0 saturated heterocycles. The molecule has 0 atom stereocenters. The van der Waals surface area contributed by atoms with Crippen LogP contribution in [0, 0.1) is 0 Å². The van der Waals surface area contributed by atoms with Gasteiger partial charge in [0.05, 0.1) is 24.8 Å². The predicted molar refractivity (Wildman–Crippen MR) is 76.8 cm³/mol. The Balaban J connectivity index is 2.32. The number of Topliss-reactive ketones (excluding diaryl/α,β-unsaturated/α-hetero) is 1. The molecule has 0 bridgehead atoms. The number of carbonyl (C=O) groups excluding carboxylic acids is 1. The summed E-state index contributed by atoms with van der Waals surface area (Å²) in [4.78, 5) is 16.3. The van der Waals surface area contributed by atoms with Gasteiger partial charge in [-0.15, -0.1) is 0 Å². The molecular weight excluding hydrogens is 278 g/mol. The number of nitrogens with zero attached hydrogens (tertiary/aromatic N) is 1. The molecule has 2 rings (SSSR count). The monoisotopic (exact) mass is 291 g/mol. The molecule has 0 unspecified atom stereocenters. The zero-order chi connectivity index (χ0) is 14.5. The second kappa shape index (κ2) is 6.39. The molecule has 0 aliphatic heterocycles. The highest BCUT2D eigenvalue weighted by atomic mass is 35.5. The Kier molecular flexibility index (Phi) is 4.58. The van der Waals surface area contributed by atoms with E-state index in [2.05, 4.69) is 4.98 Å². The van der Waals surface area contributed by atoms with Crippen LogP contribution in [0.2, 0.25) is 5.02 Å². The van der Waals surface area contributed by atoms with Crippen molar-refractivity contribution in [1.29, 1.82) is 0 Å². The molecule has 1 aromatic carbocycles. The number of carbonyl (C=O) groups is 1. The summed E-state index contributed by atoms with van der Waals surface area (Å²) >= 11 is 6.02. The van der Waals surface area contributed by atoms with Gasteiger partial charge in [-0.05, 0) is 23.8 Å². The van der Waals surface area contributed by atoms with Gasteiger partial charge < -0.3 is 9.47 Å². The second-order valence-corrected chi connectivity index (χ2v) is 4.52. The normalized spacial score (nSPS) is 10.2. The van der Waals surface area contributed by atoms with E-state index >= 15 is 0 Å². The van der Waals surface area contributed by atoms with Gasteiger partial charge in [-0.1, -0.05) is 17.7 Å². The van der Waals surface area contributed by atoms with E-state index in [4.69, 9.17) is 21.1 Å². The van der Waals surface area contributed by atoms with Crippen LogP contribution >= 0.6 is 11.6 Å². The molecule has 4 nitrogen and oxygen atoms in total. The number of ketones is 1.